The Morgan fingerprint density at radius 1 is 1.33 bits per heavy atom. The number of ether oxygens (including phenoxy) is 3. The van der Waals surface area contributed by atoms with E-state index in [-0.39, 0.29) is 12.1 Å². The molecule has 3 saturated heterocycles. The van der Waals surface area contributed by atoms with Crippen molar-refractivity contribution in [3.05, 3.63) is 0 Å². The van der Waals surface area contributed by atoms with Crippen LogP contribution in [0.15, 0.2) is 0 Å². The number of fused-ring (bicyclic) bond motifs is 3. The van der Waals surface area contributed by atoms with Gasteiger partial charge in [-0.05, 0) is 13.8 Å². The van der Waals surface area contributed by atoms with Crippen molar-refractivity contribution < 1.29 is 18.6 Å². The van der Waals surface area contributed by atoms with Gasteiger partial charge in [0.25, 0.3) is 0 Å². The lowest BCUT2D eigenvalue weighted by Crippen LogP contribution is -2.38. The number of rotatable bonds is 0. The zero-order valence-corrected chi connectivity index (χ0v) is 9.88. The Morgan fingerprint density at radius 2 is 2.07 bits per heavy atom. The Labute approximate surface area is 90.3 Å². The SMILES string of the molecule is CC1(C)OC2OC3C(F)CN(P)C3C2O1. The minimum absolute atomic E-state index is 0.0447. The summed E-state index contributed by atoms with van der Waals surface area (Å²) >= 11 is 0. The van der Waals surface area contributed by atoms with Crippen molar-refractivity contribution in [2.45, 2.75) is 50.3 Å². The van der Waals surface area contributed by atoms with Crippen LogP contribution < -0.4 is 0 Å². The van der Waals surface area contributed by atoms with E-state index in [1.54, 1.807) is 0 Å². The van der Waals surface area contributed by atoms with Gasteiger partial charge >= 0.3 is 0 Å². The van der Waals surface area contributed by atoms with Crippen LogP contribution in [0, 0.1) is 0 Å². The fourth-order valence-corrected chi connectivity index (χ4v) is 3.16. The van der Waals surface area contributed by atoms with Crippen LogP contribution in [-0.2, 0) is 14.2 Å². The van der Waals surface area contributed by atoms with Crippen molar-refractivity contribution in [2.24, 2.45) is 0 Å². The van der Waals surface area contributed by atoms with Crippen LogP contribution >= 0.6 is 9.39 Å². The van der Waals surface area contributed by atoms with Crippen LogP contribution in [-0.4, -0.2) is 47.7 Å². The Balaban J connectivity index is 1.84. The third kappa shape index (κ3) is 1.45. The van der Waals surface area contributed by atoms with Gasteiger partial charge in [-0.3, -0.25) is 4.67 Å². The molecule has 0 aromatic heterocycles. The third-order valence-corrected chi connectivity index (χ3v) is 3.73. The number of halogens is 1. The summed E-state index contributed by atoms with van der Waals surface area (Å²) in [6.45, 7) is 4.07. The smallest absolute Gasteiger partial charge is 0.189 e. The number of hydrogen-bond donors (Lipinski definition) is 0. The lowest BCUT2D eigenvalue weighted by atomic mass is 10.1. The second-order valence-corrected chi connectivity index (χ2v) is 5.44. The maximum absolute atomic E-state index is 13.5. The highest BCUT2D eigenvalue weighted by atomic mass is 31.0. The van der Waals surface area contributed by atoms with Crippen molar-refractivity contribution in [2.75, 3.05) is 6.54 Å². The molecule has 0 spiro atoms. The van der Waals surface area contributed by atoms with Gasteiger partial charge in [0, 0.05) is 6.54 Å². The van der Waals surface area contributed by atoms with E-state index in [1.807, 2.05) is 18.5 Å². The summed E-state index contributed by atoms with van der Waals surface area (Å²) < 4.78 is 32.3. The van der Waals surface area contributed by atoms with Crippen molar-refractivity contribution in [1.29, 1.82) is 0 Å². The molecule has 6 unspecified atom stereocenters. The van der Waals surface area contributed by atoms with Gasteiger partial charge in [-0.2, -0.15) is 0 Å². The zero-order chi connectivity index (χ0) is 10.8. The fraction of sp³-hybridized carbons (Fsp3) is 1.00. The first-order valence-corrected chi connectivity index (χ1v) is 5.66. The summed E-state index contributed by atoms with van der Waals surface area (Å²) in [5.74, 6) is -0.625. The summed E-state index contributed by atoms with van der Waals surface area (Å²) in [5, 5.41) is 0. The van der Waals surface area contributed by atoms with Gasteiger partial charge in [-0.25, -0.2) is 4.39 Å². The molecule has 0 bridgehead atoms. The molecule has 3 aliphatic heterocycles. The van der Waals surface area contributed by atoms with Crippen LogP contribution in [0.2, 0.25) is 0 Å². The molecule has 6 atom stereocenters. The van der Waals surface area contributed by atoms with Crippen LogP contribution in [0.25, 0.3) is 0 Å². The number of alkyl halides is 1. The molecular formula is C9H15FNO3P. The van der Waals surface area contributed by atoms with Crippen molar-refractivity contribution in [3.8, 4) is 0 Å². The highest BCUT2D eigenvalue weighted by Gasteiger charge is 2.60. The van der Waals surface area contributed by atoms with E-state index in [2.05, 4.69) is 9.39 Å². The first-order valence-electron chi connectivity index (χ1n) is 5.14. The van der Waals surface area contributed by atoms with Gasteiger partial charge in [-0.15, -0.1) is 0 Å². The highest BCUT2D eigenvalue weighted by molar-refractivity contribution is 7.13. The maximum Gasteiger partial charge on any atom is 0.189 e. The first-order chi connectivity index (χ1) is 6.98. The van der Waals surface area contributed by atoms with Crippen LogP contribution in [0.5, 0.6) is 0 Å². The van der Waals surface area contributed by atoms with Crippen LogP contribution in [0.4, 0.5) is 4.39 Å². The van der Waals surface area contributed by atoms with E-state index in [9.17, 15) is 4.39 Å². The monoisotopic (exact) mass is 235 g/mol. The van der Waals surface area contributed by atoms with Gasteiger partial charge in [0.2, 0.25) is 0 Å². The molecule has 0 aliphatic carbocycles. The van der Waals surface area contributed by atoms with Gasteiger partial charge < -0.3 is 14.2 Å². The maximum atomic E-state index is 13.5. The molecule has 0 amide bonds. The van der Waals surface area contributed by atoms with Crippen molar-refractivity contribution in [1.82, 2.24) is 4.67 Å². The Kier molecular flexibility index (Phi) is 2.15. The third-order valence-electron chi connectivity index (χ3n) is 3.18. The van der Waals surface area contributed by atoms with E-state index >= 15 is 0 Å². The van der Waals surface area contributed by atoms with Gasteiger partial charge in [-0.1, -0.05) is 9.39 Å². The molecule has 0 aromatic carbocycles. The molecule has 0 N–H and O–H groups in total. The number of hydrogen-bond acceptors (Lipinski definition) is 4. The summed E-state index contributed by atoms with van der Waals surface area (Å²) in [6.07, 6.45) is -1.96. The molecule has 3 heterocycles. The van der Waals surface area contributed by atoms with Crippen molar-refractivity contribution in [3.63, 3.8) is 0 Å². The molecule has 3 rings (SSSR count). The molecule has 15 heavy (non-hydrogen) atoms. The minimum atomic E-state index is -0.951. The molecule has 86 valence electrons. The molecular weight excluding hydrogens is 220 g/mol. The first kappa shape index (κ1) is 10.4. The van der Waals surface area contributed by atoms with E-state index in [1.165, 1.54) is 0 Å². The summed E-state index contributed by atoms with van der Waals surface area (Å²) in [5.41, 5.74) is 0. The quantitative estimate of drug-likeness (QED) is 0.578. The second kappa shape index (κ2) is 3.11. The molecule has 3 fully saturated rings. The lowest BCUT2D eigenvalue weighted by Gasteiger charge is -2.24. The van der Waals surface area contributed by atoms with E-state index in [0.717, 1.165) is 0 Å². The molecule has 0 saturated carbocycles. The highest BCUT2D eigenvalue weighted by Crippen LogP contribution is 2.44. The zero-order valence-electron chi connectivity index (χ0n) is 8.72. The van der Waals surface area contributed by atoms with E-state index in [0.29, 0.717) is 6.54 Å². The minimum Gasteiger partial charge on any atom is -0.342 e. The summed E-state index contributed by atoms with van der Waals surface area (Å²) in [7, 11) is 2.54. The fourth-order valence-electron chi connectivity index (χ4n) is 2.62. The van der Waals surface area contributed by atoms with Crippen molar-refractivity contribution >= 4 is 9.39 Å². The van der Waals surface area contributed by atoms with Crippen LogP contribution in [0.3, 0.4) is 0 Å². The predicted molar refractivity (Wildman–Crippen MR) is 53.8 cm³/mol. The Morgan fingerprint density at radius 3 is 2.80 bits per heavy atom. The largest absolute Gasteiger partial charge is 0.342 e. The molecule has 4 nitrogen and oxygen atoms in total. The second-order valence-electron chi connectivity index (χ2n) is 4.77. The average molecular weight is 235 g/mol. The van der Waals surface area contributed by atoms with Gasteiger partial charge in [0.05, 0.1) is 6.04 Å². The molecule has 6 heteroatoms. The van der Waals surface area contributed by atoms with E-state index in [4.69, 9.17) is 14.2 Å². The predicted octanol–water partition coefficient (Wildman–Crippen LogP) is 0.675. The standard InChI is InChI=1S/C9H15FNO3P/c1-9(2)13-7-5-6(12-8(7)14-9)4(10)3-11(5)15/h4-8H,3,15H2,1-2H3. The van der Waals surface area contributed by atoms with Gasteiger partial charge in [0.1, 0.15) is 18.4 Å². The molecule has 0 radical (unpaired) electrons. The van der Waals surface area contributed by atoms with Gasteiger partial charge in [0.15, 0.2) is 12.1 Å². The molecule has 3 aliphatic rings. The van der Waals surface area contributed by atoms with Crippen LogP contribution in [0.1, 0.15) is 13.8 Å². The topological polar surface area (TPSA) is 30.9 Å². The van der Waals surface area contributed by atoms with E-state index < -0.39 is 24.4 Å². The summed E-state index contributed by atoms with van der Waals surface area (Å²) in [6, 6.07) is -0.0447. The lowest BCUT2D eigenvalue weighted by molar-refractivity contribution is -0.209. The Hall–Kier alpha value is 0.200. The Bertz CT molecular complexity index is 291. The summed E-state index contributed by atoms with van der Waals surface area (Å²) in [4.78, 5) is 0. The normalized spacial score (nSPS) is 53.2. The average Bonchev–Trinajstić information content (AvgIpc) is 2.62. The molecule has 0 aromatic rings. The number of nitrogens with zero attached hydrogens (tertiary/aromatic N) is 1.